The van der Waals surface area contributed by atoms with Crippen LogP contribution in [0.15, 0.2) is 28.7 Å². The Bertz CT molecular complexity index is 984. The maximum Gasteiger partial charge on any atom is 0.229 e. The Morgan fingerprint density at radius 2 is 2.11 bits per heavy atom. The van der Waals surface area contributed by atoms with E-state index in [2.05, 4.69) is 25.7 Å². The van der Waals surface area contributed by atoms with Crippen LogP contribution in [0.2, 0.25) is 0 Å². The Morgan fingerprint density at radius 3 is 2.74 bits per heavy atom. The van der Waals surface area contributed by atoms with Crippen molar-refractivity contribution in [1.29, 1.82) is 0 Å². The van der Waals surface area contributed by atoms with E-state index in [1.165, 1.54) is 0 Å². The van der Waals surface area contributed by atoms with Crippen LogP contribution in [0.25, 0.3) is 17.4 Å². The van der Waals surface area contributed by atoms with E-state index in [0.717, 1.165) is 30.1 Å². The number of carbonyl (C=O) groups excluding carboxylic acids is 1. The van der Waals surface area contributed by atoms with E-state index >= 15 is 0 Å². The molecule has 8 heteroatoms. The third-order valence-corrected chi connectivity index (χ3v) is 4.58. The van der Waals surface area contributed by atoms with Gasteiger partial charge in [0, 0.05) is 18.3 Å². The van der Waals surface area contributed by atoms with Crippen LogP contribution in [0.4, 0.5) is 5.82 Å². The van der Waals surface area contributed by atoms with Crippen LogP contribution in [-0.2, 0) is 4.79 Å². The molecule has 1 fully saturated rings. The van der Waals surface area contributed by atoms with Crippen LogP contribution in [0.3, 0.4) is 0 Å². The lowest BCUT2D eigenvalue weighted by Gasteiger charge is -2.12. The largest absolute Gasteiger partial charge is 0.458 e. The summed E-state index contributed by atoms with van der Waals surface area (Å²) < 4.78 is 7.42. The summed E-state index contributed by atoms with van der Waals surface area (Å²) in [5.74, 6) is 2.66. The van der Waals surface area contributed by atoms with Gasteiger partial charge in [0.25, 0.3) is 0 Å². The van der Waals surface area contributed by atoms with Gasteiger partial charge in [0.1, 0.15) is 11.6 Å². The predicted molar refractivity (Wildman–Crippen MR) is 101 cm³/mol. The van der Waals surface area contributed by atoms with Gasteiger partial charge >= 0.3 is 0 Å². The molecular weight excluding hydrogens is 344 g/mol. The topological polar surface area (TPSA) is 97.9 Å². The number of nitrogens with zero attached hydrogens (tertiary/aromatic N) is 4. The van der Waals surface area contributed by atoms with Crippen molar-refractivity contribution in [3.8, 4) is 17.4 Å². The van der Waals surface area contributed by atoms with Gasteiger partial charge in [0.15, 0.2) is 17.4 Å². The van der Waals surface area contributed by atoms with Gasteiger partial charge in [-0.1, -0.05) is 0 Å². The number of hydrogen-bond acceptors (Lipinski definition) is 6. The Balaban J connectivity index is 1.74. The highest BCUT2D eigenvalue weighted by atomic mass is 16.3. The molecule has 4 heterocycles. The Hall–Kier alpha value is -3.00. The highest BCUT2D eigenvalue weighted by Crippen LogP contribution is 2.23. The molecule has 0 spiro atoms. The van der Waals surface area contributed by atoms with E-state index in [1.54, 1.807) is 10.7 Å². The summed E-state index contributed by atoms with van der Waals surface area (Å²) in [7, 11) is 0. The molecule has 1 saturated heterocycles. The molecular formula is C19H22N6O2. The number of anilines is 1. The molecule has 8 nitrogen and oxygen atoms in total. The fraction of sp³-hybridized carbons (Fsp3) is 0.368. The monoisotopic (exact) mass is 366 g/mol. The summed E-state index contributed by atoms with van der Waals surface area (Å²) in [5, 5.41) is 10.6. The maximum atomic E-state index is 12.5. The smallest absolute Gasteiger partial charge is 0.229 e. The number of carbonyl (C=O) groups is 1. The molecule has 0 aromatic carbocycles. The highest BCUT2D eigenvalue weighted by Gasteiger charge is 2.23. The minimum absolute atomic E-state index is 0.0420. The number of rotatable bonds is 4. The minimum Gasteiger partial charge on any atom is -0.458 e. The fourth-order valence-electron chi connectivity index (χ4n) is 3.24. The molecule has 0 aliphatic carbocycles. The average Bonchev–Trinajstić information content (AvgIpc) is 3.36. The van der Waals surface area contributed by atoms with Crippen LogP contribution in [-0.4, -0.2) is 38.7 Å². The third kappa shape index (κ3) is 3.61. The molecule has 4 rings (SSSR count). The van der Waals surface area contributed by atoms with Crippen molar-refractivity contribution in [1.82, 2.24) is 25.1 Å². The van der Waals surface area contributed by atoms with E-state index < -0.39 is 0 Å². The summed E-state index contributed by atoms with van der Waals surface area (Å²) in [6.07, 6.45) is 0.825. The fourth-order valence-corrected chi connectivity index (χ4v) is 3.24. The maximum absolute atomic E-state index is 12.5. The van der Waals surface area contributed by atoms with Gasteiger partial charge in [-0.3, -0.25) is 4.79 Å². The van der Waals surface area contributed by atoms with Crippen molar-refractivity contribution >= 4 is 11.7 Å². The first-order valence-corrected chi connectivity index (χ1v) is 9.01. The average molecular weight is 366 g/mol. The molecule has 27 heavy (non-hydrogen) atoms. The summed E-state index contributed by atoms with van der Waals surface area (Å²) in [4.78, 5) is 21.6. The predicted octanol–water partition coefficient (Wildman–Crippen LogP) is 2.40. The molecule has 2 N–H and O–H groups in total. The number of amides is 1. The van der Waals surface area contributed by atoms with Crippen LogP contribution < -0.4 is 10.6 Å². The van der Waals surface area contributed by atoms with Crippen molar-refractivity contribution < 1.29 is 9.21 Å². The van der Waals surface area contributed by atoms with E-state index in [4.69, 9.17) is 4.42 Å². The van der Waals surface area contributed by atoms with Gasteiger partial charge in [0.2, 0.25) is 5.91 Å². The molecule has 1 aliphatic rings. The highest BCUT2D eigenvalue weighted by molar-refractivity contribution is 5.92. The Labute approximate surface area is 157 Å². The second-order valence-corrected chi connectivity index (χ2v) is 6.86. The lowest BCUT2D eigenvalue weighted by molar-refractivity contribution is -0.119. The van der Waals surface area contributed by atoms with Crippen LogP contribution >= 0.6 is 0 Å². The van der Waals surface area contributed by atoms with Crippen LogP contribution in [0, 0.1) is 26.7 Å². The van der Waals surface area contributed by atoms with Crippen molar-refractivity contribution in [3.05, 3.63) is 41.4 Å². The summed E-state index contributed by atoms with van der Waals surface area (Å²) in [6.45, 7) is 7.30. The molecule has 1 amide bonds. The van der Waals surface area contributed by atoms with E-state index in [9.17, 15) is 4.79 Å². The van der Waals surface area contributed by atoms with Gasteiger partial charge in [-0.15, -0.1) is 0 Å². The normalized spacial score (nSPS) is 16.6. The minimum atomic E-state index is -0.0496. The zero-order valence-corrected chi connectivity index (χ0v) is 15.6. The first-order valence-electron chi connectivity index (χ1n) is 9.01. The molecule has 3 aromatic rings. The number of furan rings is 1. The molecule has 3 aromatic heterocycles. The SMILES string of the molecule is Cc1cc(C)n(-c2cc(NC(=O)[C@H]3CCNC3)nc(-c3ccc(C)o3)n2)n1. The van der Waals surface area contributed by atoms with E-state index in [0.29, 0.717) is 29.8 Å². The first kappa shape index (κ1) is 17.4. The summed E-state index contributed by atoms with van der Waals surface area (Å²) >= 11 is 0. The molecule has 0 radical (unpaired) electrons. The lowest BCUT2D eigenvalue weighted by Crippen LogP contribution is -2.25. The number of aryl methyl sites for hydroxylation is 3. The standard InChI is InChI=1S/C19H22N6O2/c1-11-8-12(2)25(24-11)17-9-16(22-19(26)14-6-7-20-10-14)21-18(23-17)15-5-4-13(3)27-15/h4-5,8-9,14,20H,6-7,10H2,1-3H3,(H,21,22,23,26)/t14-/m0/s1. The lowest BCUT2D eigenvalue weighted by atomic mass is 10.1. The second-order valence-electron chi connectivity index (χ2n) is 6.86. The quantitative estimate of drug-likeness (QED) is 0.736. The zero-order chi connectivity index (χ0) is 19.0. The van der Waals surface area contributed by atoms with Crippen molar-refractivity contribution in [3.63, 3.8) is 0 Å². The van der Waals surface area contributed by atoms with Gasteiger partial charge in [-0.2, -0.15) is 5.10 Å². The van der Waals surface area contributed by atoms with Crippen molar-refractivity contribution in [2.24, 2.45) is 5.92 Å². The number of nitrogens with one attached hydrogen (secondary N) is 2. The van der Waals surface area contributed by atoms with Gasteiger partial charge in [-0.25, -0.2) is 14.6 Å². The van der Waals surface area contributed by atoms with E-state index in [-0.39, 0.29) is 11.8 Å². The number of aromatic nitrogens is 4. The Morgan fingerprint density at radius 1 is 1.26 bits per heavy atom. The Kier molecular flexibility index (Phi) is 4.49. The van der Waals surface area contributed by atoms with Crippen LogP contribution in [0.5, 0.6) is 0 Å². The summed E-state index contributed by atoms with van der Waals surface area (Å²) in [6, 6.07) is 7.39. The van der Waals surface area contributed by atoms with Crippen LogP contribution in [0.1, 0.15) is 23.6 Å². The molecule has 0 unspecified atom stereocenters. The van der Waals surface area contributed by atoms with Gasteiger partial charge < -0.3 is 15.1 Å². The van der Waals surface area contributed by atoms with Gasteiger partial charge in [-0.05, 0) is 51.9 Å². The molecule has 1 atom stereocenters. The second kappa shape index (κ2) is 6.96. The molecule has 0 saturated carbocycles. The van der Waals surface area contributed by atoms with Crippen molar-refractivity contribution in [2.45, 2.75) is 27.2 Å². The third-order valence-electron chi connectivity index (χ3n) is 4.58. The molecule has 1 aliphatic heterocycles. The van der Waals surface area contributed by atoms with Gasteiger partial charge in [0.05, 0.1) is 11.6 Å². The summed E-state index contributed by atoms with van der Waals surface area (Å²) in [5.41, 5.74) is 1.84. The zero-order valence-electron chi connectivity index (χ0n) is 15.6. The molecule has 140 valence electrons. The molecule has 0 bridgehead atoms. The first-order chi connectivity index (χ1) is 13.0. The number of hydrogen-bond donors (Lipinski definition) is 2. The van der Waals surface area contributed by atoms with Crippen molar-refractivity contribution in [2.75, 3.05) is 18.4 Å². The van der Waals surface area contributed by atoms with E-state index in [1.807, 2.05) is 39.0 Å².